The molecule has 0 aromatic heterocycles. The van der Waals surface area contributed by atoms with Gasteiger partial charge in [0.05, 0.1) is 23.7 Å². The van der Waals surface area contributed by atoms with E-state index in [9.17, 15) is 19.5 Å². The number of amides is 3. The second-order valence-corrected chi connectivity index (χ2v) is 12.5. The molecule has 2 unspecified atom stereocenters. The average Bonchev–Trinajstić information content (AvgIpc) is 3.60. The lowest BCUT2D eigenvalue weighted by molar-refractivity contribution is -0.143. The first kappa shape index (κ1) is 30.2. The third kappa shape index (κ3) is 5.42. The molecule has 8 nitrogen and oxygen atoms in total. The third-order valence-corrected chi connectivity index (χ3v) is 10.4. The SMILES string of the molecule is C=CCN(CCC)C(=O)[C@@H]1[C@H]2C(=O)N(CCCCCO)C(C(=O)N(CC=C)c3ccc(OC)cc3)C23CC[C@H]1S3. The number of hydrogen-bond acceptors (Lipinski definition) is 6. The van der Waals surface area contributed by atoms with Crippen LogP contribution in [0.15, 0.2) is 49.6 Å². The maximum absolute atomic E-state index is 14.6. The van der Waals surface area contributed by atoms with Crippen LogP contribution in [0.25, 0.3) is 0 Å². The Morgan fingerprint density at radius 1 is 1.15 bits per heavy atom. The van der Waals surface area contributed by atoms with E-state index in [-0.39, 0.29) is 29.6 Å². The van der Waals surface area contributed by atoms with Crippen molar-refractivity contribution in [3.63, 3.8) is 0 Å². The molecule has 2 bridgehead atoms. The van der Waals surface area contributed by atoms with Crippen molar-refractivity contribution in [2.45, 2.75) is 61.5 Å². The van der Waals surface area contributed by atoms with Gasteiger partial charge in [-0.1, -0.05) is 19.1 Å². The van der Waals surface area contributed by atoms with Crippen LogP contribution in [0.3, 0.4) is 0 Å². The number of thioether (sulfide) groups is 1. The minimum atomic E-state index is -0.673. The number of benzene rings is 1. The normalized spacial score (nSPS) is 26.5. The predicted molar refractivity (Wildman–Crippen MR) is 159 cm³/mol. The van der Waals surface area contributed by atoms with E-state index in [1.54, 1.807) is 40.8 Å². The van der Waals surface area contributed by atoms with Gasteiger partial charge in [-0.2, -0.15) is 0 Å². The van der Waals surface area contributed by atoms with Gasteiger partial charge in [-0.25, -0.2) is 0 Å². The zero-order chi connectivity index (χ0) is 28.9. The maximum atomic E-state index is 14.6. The molecule has 1 aromatic carbocycles. The standard InChI is InChI=1S/C31H43N3O5S/c1-5-17-32(18-6-2)28(36)25-24-15-16-31(40-24)26(25)29(37)34(20-9-8-10-21-35)27(31)30(38)33(19-7-3)22-11-13-23(39-4)14-12-22/h5,7,11-14,24-27,35H,1,3,6,8-10,15-21H2,2,4H3/t24-,25+,26+,27?,31?/m1/s1. The summed E-state index contributed by atoms with van der Waals surface area (Å²) in [6.45, 7) is 11.6. The van der Waals surface area contributed by atoms with E-state index in [4.69, 9.17) is 4.74 Å². The summed E-state index contributed by atoms with van der Waals surface area (Å²) >= 11 is 1.69. The second kappa shape index (κ2) is 13.3. The molecule has 3 amide bonds. The van der Waals surface area contributed by atoms with Crippen molar-refractivity contribution in [1.82, 2.24) is 9.80 Å². The Bertz CT molecular complexity index is 1090. The number of hydrogen-bond donors (Lipinski definition) is 1. The lowest BCUT2D eigenvalue weighted by Gasteiger charge is -2.37. The number of carbonyl (C=O) groups excluding carboxylic acids is 3. The van der Waals surface area contributed by atoms with E-state index >= 15 is 0 Å². The lowest BCUT2D eigenvalue weighted by Crippen LogP contribution is -2.55. The van der Waals surface area contributed by atoms with Gasteiger partial charge in [0.2, 0.25) is 11.8 Å². The molecule has 1 spiro atoms. The van der Waals surface area contributed by atoms with Crippen LogP contribution in [0, 0.1) is 11.8 Å². The van der Waals surface area contributed by atoms with Crippen LogP contribution >= 0.6 is 11.8 Å². The summed E-state index contributed by atoms with van der Waals surface area (Å²) < 4.78 is 4.66. The van der Waals surface area contributed by atoms with Crippen molar-refractivity contribution >= 4 is 35.2 Å². The summed E-state index contributed by atoms with van der Waals surface area (Å²) in [5, 5.41) is 9.30. The quantitative estimate of drug-likeness (QED) is 0.255. The number of carbonyl (C=O) groups is 3. The zero-order valence-corrected chi connectivity index (χ0v) is 24.6. The molecule has 1 aromatic rings. The molecule has 1 N–H and O–H groups in total. The van der Waals surface area contributed by atoms with Gasteiger partial charge in [-0.05, 0) is 62.8 Å². The molecule has 5 atom stereocenters. The molecule has 3 heterocycles. The van der Waals surface area contributed by atoms with Crippen LogP contribution in [0.2, 0.25) is 0 Å². The van der Waals surface area contributed by atoms with E-state index in [1.807, 2.05) is 36.1 Å². The lowest BCUT2D eigenvalue weighted by atomic mass is 9.70. The fourth-order valence-corrected chi connectivity index (χ4v) is 9.02. The fourth-order valence-electron chi connectivity index (χ4n) is 6.81. The van der Waals surface area contributed by atoms with E-state index in [0.29, 0.717) is 50.5 Å². The molecule has 9 heteroatoms. The monoisotopic (exact) mass is 569 g/mol. The summed E-state index contributed by atoms with van der Waals surface area (Å²) in [5.74, 6) is -0.492. The molecule has 40 heavy (non-hydrogen) atoms. The van der Waals surface area contributed by atoms with Crippen molar-refractivity contribution in [3.8, 4) is 5.75 Å². The number of aliphatic hydroxyl groups excluding tert-OH is 1. The molecule has 218 valence electrons. The van der Waals surface area contributed by atoms with Crippen LogP contribution in [0.5, 0.6) is 5.75 Å². The fraction of sp³-hybridized carbons (Fsp3) is 0.581. The highest BCUT2D eigenvalue weighted by Crippen LogP contribution is 2.66. The Kier molecular flexibility index (Phi) is 10.0. The first-order valence-electron chi connectivity index (χ1n) is 14.4. The van der Waals surface area contributed by atoms with Crippen LogP contribution in [-0.2, 0) is 14.4 Å². The van der Waals surface area contributed by atoms with E-state index in [1.165, 1.54) is 0 Å². The van der Waals surface area contributed by atoms with Gasteiger partial charge in [-0.3, -0.25) is 14.4 Å². The summed E-state index contributed by atoms with van der Waals surface area (Å²) in [7, 11) is 1.60. The Labute approximate surface area is 242 Å². The van der Waals surface area contributed by atoms with Crippen LogP contribution < -0.4 is 9.64 Å². The summed E-state index contributed by atoms with van der Waals surface area (Å²) in [6.07, 6.45) is 7.89. The molecule has 3 saturated heterocycles. The number of ether oxygens (including phenoxy) is 1. The molecule has 0 saturated carbocycles. The van der Waals surface area contributed by atoms with Gasteiger partial charge in [0.15, 0.2) is 0 Å². The Morgan fingerprint density at radius 3 is 2.50 bits per heavy atom. The first-order chi connectivity index (χ1) is 19.4. The van der Waals surface area contributed by atoms with Gasteiger partial charge < -0.3 is 24.5 Å². The Balaban J connectivity index is 1.72. The van der Waals surface area contributed by atoms with Crippen molar-refractivity contribution in [2.24, 2.45) is 11.8 Å². The molecule has 4 rings (SSSR count). The topological polar surface area (TPSA) is 90.4 Å². The van der Waals surface area contributed by atoms with E-state index < -0.39 is 22.6 Å². The number of likely N-dealkylation sites (tertiary alicyclic amines) is 1. The van der Waals surface area contributed by atoms with Crippen LogP contribution in [0.1, 0.15) is 45.4 Å². The second-order valence-electron chi connectivity index (χ2n) is 10.9. The first-order valence-corrected chi connectivity index (χ1v) is 15.3. The average molecular weight is 570 g/mol. The number of aliphatic hydroxyl groups is 1. The Hall–Kier alpha value is -2.78. The van der Waals surface area contributed by atoms with Crippen LogP contribution in [-0.4, -0.2) is 88.6 Å². The minimum Gasteiger partial charge on any atom is -0.497 e. The van der Waals surface area contributed by atoms with Gasteiger partial charge in [-0.15, -0.1) is 24.9 Å². The summed E-state index contributed by atoms with van der Waals surface area (Å²) in [6, 6.07) is 6.66. The largest absolute Gasteiger partial charge is 0.497 e. The van der Waals surface area contributed by atoms with Gasteiger partial charge in [0.25, 0.3) is 5.91 Å². The molecule has 3 aliphatic heterocycles. The number of fused-ring (bicyclic) bond motifs is 1. The highest BCUT2D eigenvalue weighted by atomic mass is 32.2. The van der Waals surface area contributed by atoms with Crippen molar-refractivity contribution in [3.05, 3.63) is 49.6 Å². The predicted octanol–water partition coefficient (Wildman–Crippen LogP) is 3.89. The van der Waals surface area contributed by atoms with E-state index in [2.05, 4.69) is 13.2 Å². The zero-order valence-electron chi connectivity index (χ0n) is 23.8. The summed E-state index contributed by atoms with van der Waals surface area (Å²) in [5.41, 5.74) is 0.712. The molecular weight excluding hydrogens is 526 g/mol. The summed E-state index contributed by atoms with van der Waals surface area (Å²) in [4.78, 5) is 48.1. The van der Waals surface area contributed by atoms with Crippen LogP contribution in [0.4, 0.5) is 5.69 Å². The third-order valence-electron chi connectivity index (χ3n) is 8.49. The molecule has 0 aliphatic carbocycles. The maximum Gasteiger partial charge on any atom is 0.251 e. The highest BCUT2D eigenvalue weighted by molar-refractivity contribution is 8.02. The van der Waals surface area contributed by atoms with Gasteiger partial charge in [0.1, 0.15) is 11.8 Å². The number of unbranched alkanes of at least 4 members (excludes halogenated alkanes) is 2. The minimum absolute atomic E-state index is 0.00519. The van der Waals surface area contributed by atoms with Gasteiger partial charge in [0, 0.05) is 43.7 Å². The molecule has 0 radical (unpaired) electrons. The van der Waals surface area contributed by atoms with E-state index in [0.717, 1.165) is 25.7 Å². The smallest absolute Gasteiger partial charge is 0.251 e. The Morgan fingerprint density at radius 2 is 1.88 bits per heavy atom. The number of methoxy groups -OCH3 is 1. The van der Waals surface area contributed by atoms with Crippen molar-refractivity contribution in [1.29, 1.82) is 0 Å². The van der Waals surface area contributed by atoms with Crippen molar-refractivity contribution < 1.29 is 24.2 Å². The van der Waals surface area contributed by atoms with Gasteiger partial charge >= 0.3 is 0 Å². The highest BCUT2D eigenvalue weighted by Gasteiger charge is 2.74. The molecule has 3 aliphatic rings. The number of anilines is 1. The molecule has 3 fully saturated rings. The molecular formula is C31H43N3O5S. The number of rotatable bonds is 15. The van der Waals surface area contributed by atoms with Crippen molar-refractivity contribution in [2.75, 3.05) is 44.8 Å². The number of nitrogens with zero attached hydrogens (tertiary/aromatic N) is 3.